The first kappa shape index (κ1) is 52.8. The van der Waals surface area contributed by atoms with Gasteiger partial charge in [-0.3, -0.25) is 24.0 Å². The first-order chi connectivity index (χ1) is 28.7. The van der Waals surface area contributed by atoms with E-state index in [2.05, 4.69) is 31.3 Å². The number of benzene rings is 2. The highest BCUT2D eigenvalue weighted by Crippen LogP contribution is 2.29. The molecule has 5 atom stereocenters. The second kappa shape index (κ2) is 22.7. The van der Waals surface area contributed by atoms with Crippen molar-refractivity contribution in [1.29, 1.82) is 0 Å². The first-order valence-electron chi connectivity index (χ1n) is 20.7. The lowest BCUT2D eigenvalue weighted by Gasteiger charge is -2.40. The van der Waals surface area contributed by atoms with Crippen LogP contribution in [0.4, 0.5) is 10.5 Å². The van der Waals surface area contributed by atoms with Gasteiger partial charge in [0.25, 0.3) is 15.9 Å². The normalized spacial score (nSPS) is 14.8. The highest BCUT2D eigenvalue weighted by molar-refractivity contribution is 7.90. The number of carbonyl (C=O) groups excluding carboxylic acids is 6. The minimum atomic E-state index is -4.62. The standard InChI is InChI=1S/C44H69N9O8S/c1-26(2)32(53(12)41(58)36(43(6,7)8)51-40(57)35(47-11)44(9,10)29-19-14-13-15-20-29)25-28(5)37(54)52-62(60,61)33-23-17-16-21-30(33)49-38(55)31(22-18-24-48-42(46)59)50-39(56)34(45)27(3)4/h13-17,19-21,23,25-27,31-32,34-36,47H,18,22,24,45H2,1-12H3,(H,49,55)(H,50,56)(H,51,57)(H,52,54)(H3,46,48,59)/b28-25+. The maximum absolute atomic E-state index is 14.3. The molecular formula is C44H69N9O8S. The Morgan fingerprint density at radius 1 is 0.806 bits per heavy atom. The van der Waals surface area contributed by atoms with Crippen molar-refractivity contribution < 1.29 is 37.2 Å². The van der Waals surface area contributed by atoms with Gasteiger partial charge in [0.15, 0.2) is 0 Å². The molecule has 18 heteroatoms. The summed E-state index contributed by atoms with van der Waals surface area (Å²) < 4.78 is 29.6. The summed E-state index contributed by atoms with van der Waals surface area (Å²) in [6.07, 6.45) is 1.77. The molecule has 2 aromatic carbocycles. The summed E-state index contributed by atoms with van der Waals surface area (Å²) in [5.41, 5.74) is 10.5. The van der Waals surface area contributed by atoms with E-state index < -0.39 is 85.6 Å². The molecule has 0 bridgehead atoms. The predicted molar refractivity (Wildman–Crippen MR) is 241 cm³/mol. The molecule has 5 unspecified atom stereocenters. The molecule has 0 spiro atoms. The molecule has 0 aliphatic carbocycles. The molecule has 0 heterocycles. The summed E-state index contributed by atoms with van der Waals surface area (Å²) in [5.74, 6) is -3.64. The van der Waals surface area contributed by atoms with Crippen molar-refractivity contribution in [2.24, 2.45) is 28.7 Å². The molecule has 0 radical (unpaired) electrons. The molecule has 0 aliphatic rings. The van der Waals surface area contributed by atoms with Gasteiger partial charge < -0.3 is 43.0 Å². The summed E-state index contributed by atoms with van der Waals surface area (Å²) in [7, 11) is -1.36. The van der Waals surface area contributed by atoms with Crippen LogP contribution in [0.3, 0.4) is 0 Å². The van der Waals surface area contributed by atoms with E-state index in [0.29, 0.717) is 0 Å². The number of rotatable bonds is 21. The van der Waals surface area contributed by atoms with Crippen LogP contribution in [0.25, 0.3) is 0 Å². The third kappa shape index (κ3) is 14.7. The van der Waals surface area contributed by atoms with Crippen molar-refractivity contribution in [2.45, 2.75) is 123 Å². The van der Waals surface area contributed by atoms with E-state index in [1.165, 1.54) is 42.2 Å². The van der Waals surface area contributed by atoms with Gasteiger partial charge in [-0.25, -0.2) is 17.9 Å². The number of urea groups is 1. The van der Waals surface area contributed by atoms with Crippen LogP contribution < -0.4 is 42.8 Å². The van der Waals surface area contributed by atoms with Crippen LogP contribution in [0, 0.1) is 17.3 Å². The van der Waals surface area contributed by atoms with Gasteiger partial charge in [-0.1, -0.05) is 111 Å². The van der Waals surface area contributed by atoms with E-state index in [1.807, 2.05) is 78.8 Å². The quantitative estimate of drug-likeness (QED) is 0.0672. The van der Waals surface area contributed by atoms with Crippen molar-refractivity contribution in [3.8, 4) is 0 Å². The molecule has 0 aromatic heterocycles. The fourth-order valence-electron chi connectivity index (χ4n) is 6.80. The average Bonchev–Trinajstić information content (AvgIpc) is 3.18. The number of nitrogens with one attached hydrogen (secondary N) is 6. The lowest BCUT2D eigenvalue weighted by Crippen LogP contribution is -2.61. The van der Waals surface area contributed by atoms with Crippen molar-refractivity contribution in [3.05, 3.63) is 71.8 Å². The Hall–Kier alpha value is -5.33. The summed E-state index contributed by atoms with van der Waals surface area (Å²) >= 11 is 0. The van der Waals surface area contributed by atoms with E-state index >= 15 is 0 Å². The van der Waals surface area contributed by atoms with Crippen molar-refractivity contribution in [2.75, 3.05) is 26.0 Å². The highest BCUT2D eigenvalue weighted by Gasteiger charge is 2.42. The monoisotopic (exact) mass is 883 g/mol. The molecule has 62 heavy (non-hydrogen) atoms. The molecular weight excluding hydrogens is 815 g/mol. The van der Waals surface area contributed by atoms with Gasteiger partial charge in [0.05, 0.1) is 23.8 Å². The number of hydrogen-bond donors (Lipinski definition) is 8. The average molecular weight is 884 g/mol. The second-order valence-electron chi connectivity index (χ2n) is 17.8. The number of amides is 7. The number of nitrogens with zero attached hydrogens (tertiary/aromatic N) is 1. The van der Waals surface area contributed by atoms with Crippen molar-refractivity contribution >= 4 is 51.3 Å². The van der Waals surface area contributed by atoms with Gasteiger partial charge in [-0.2, -0.15) is 0 Å². The maximum Gasteiger partial charge on any atom is 0.312 e. The SMILES string of the molecule is CNC(C(=O)NC(C(=O)N(C)C(/C=C(\C)C(=O)NS(=O)(=O)c1ccccc1NC(=O)C(CCCNC(N)=O)NC(=O)C(N)C(C)C)C(C)C)C(C)(C)C)C(C)(C)c1ccccc1. The smallest absolute Gasteiger partial charge is 0.312 e. The molecule has 0 saturated heterocycles. The number of hydrogen-bond acceptors (Lipinski definition) is 10. The van der Waals surface area contributed by atoms with Crippen LogP contribution in [0.15, 0.2) is 71.1 Å². The molecule has 344 valence electrons. The Labute approximate surface area is 367 Å². The summed E-state index contributed by atoms with van der Waals surface area (Å²) in [5, 5.41) is 13.7. The molecule has 7 amide bonds. The Morgan fingerprint density at radius 2 is 1.39 bits per heavy atom. The zero-order valence-electron chi connectivity index (χ0n) is 38.2. The predicted octanol–water partition coefficient (Wildman–Crippen LogP) is 2.87. The van der Waals surface area contributed by atoms with Gasteiger partial charge in [-0.15, -0.1) is 0 Å². The van der Waals surface area contributed by atoms with Crippen LogP contribution in [0.5, 0.6) is 0 Å². The van der Waals surface area contributed by atoms with Gasteiger partial charge >= 0.3 is 6.03 Å². The fourth-order valence-corrected chi connectivity index (χ4v) is 7.98. The Kier molecular flexibility index (Phi) is 19.3. The van der Waals surface area contributed by atoms with E-state index in [0.717, 1.165) is 5.56 Å². The van der Waals surface area contributed by atoms with Gasteiger partial charge in [0, 0.05) is 24.6 Å². The van der Waals surface area contributed by atoms with E-state index in [9.17, 15) is 37.2 Å². The third-order valence-electron chi connectivity index (χ3n) is 10.7. The molecule has 2 rings (SSSR count). The van der Waals surface area contributed by atoms with Crippen LogP contribution in [-0.4, -0.2) is 99.7 Å². The van der Waals surface area contributed by atoms with E-state index in [-0.39, 0.29) is 48.4 Å². The number of anilines is 1. The maximum atomic E-state index is 14.3. The van der Waals surface area contributed by atoms with Crippen LogP contribution in [-0.2, 0) is 39.4 Å². The van der Waals surface area contributed by atoms with Crippen LogP contribution >= 0.6 is 0 Å². The van der Waals surface area contributed by atoms with Crippen molar-refractivity contribution in [1.82, 2.24) is 30.9 Å². The number of carbonyl (C=O) groups is 6. The summed E-state index contributed by atoms with van der Waals surface area (Å²) in [4.78, 5) is 80.5. The largest absolute Gasteiger partial charge is 0.352 e. The number of primary amides is 1. The molecule has 0 saturated carbocycles. The molecule has 0 fully saturated rings. The second-order valence-corrected chi connectivity index (χ2v) is 19.5. The van der Waals surface area contributed by atoms with Gasteiger partial charge in [0.2, 0.25) is 23.6 Å². The highest BCUT2D eigenvalue weighted by atomic mass is 32.2. The topological polar surface area (TPSA) is 264 Å². The fraction of sp³-hybridized carbons (Fsp3) is 0.545. The number of nitrogens with two attached hydrogens (primary N) is 2. The molecule has 0 aliphatic heterocycles. The van der Waals surface area contributed by atoms with Gasteiger partial charge in [-0.05, 0) is 61.8 Å². The molecule has 10 N–H and O–H groups in total. The zero-order valence-corrected chi connectivity index (χ0v) is 39.0. The lowest BCUT2D eigenvalue weighted by atomic mass is 9.76. The summed E-state index contributed by atoms with van der Waals surface area (Å²) in [6, 6.07) is 9.75. The first-order valence-corrected chi connectivity index (χ1v) is 22.2. The van der Waals surface area contributed by atoms with E-state index in [4.69, 9.17) is 11.5 Å². The third-order valence-corrected chi connectivity index (χ3v) is 12.1. The van der Waals surface area contributed by atoms with Crippen molar-refractivity contribution in [3.63, 3.8) is 0 Å². The molecule has 17 nitrogen and oxygen atoms in total. The lowest BCUT2D eigenvalue weighted by molar-refractivity contribution is -0.140. The minimum absolute atomic E-state index is 0.0153. The number of sulfonamides is 1. The van der Waals surface area contributed by atoms with Crippen LogP contribution in [0.2, 0.25) is 0 Å². The van der Waals surface area contributed by atoms with Gasteiger partial charge in [0.1, 0.15) is 17.0 Å². The Balaban J connectivity index is 2.37. The minimum Gasteiger partial charge on any atom is -0.352 e. The summed E-state index contributed by atoms with van der Waals surface area (Å²) in [6.45, 7) is 18.1. The molecule has 2 aromatic rings. The number of para-hydroxylation sites is 1. The zero-order chi connectivity index (χ0) is 47.3. The number of likely N-dealkylation sites (N-methyl/N-ethyl adjacent to an activating group) is 2. The van der Waals surface area contributed by atoms with E-state index in [1.54, 1.807) is 27.9 Å². The van der Waals surface area contributed by atoms with Crippen LogP contribution in [0.1, 0.15) is 87.6 Å². The Bertz CT molecular complexity index is 2030. The Morgan fingerprint density at radius 3 is 1.92 bits per heavy atom.